The van der Waals surface area contributed by atoms with Crippen molar-refractivity contribution >= 4 is 5.84 Å². The van der Waals surface area contributed by atoms with E-state index in [-0.39, 0.29) is 11.8 Å². The molecule has 1 atom stereocenters. The van der Waals surface area contributed by atoms with E-state index in [1.54, 1.807) is 0 Å². The highest BCUT2D eigenvalue weighted by molar-refractivity contribution is 5.79. The van der Waals surface area contributed by atoms with Gasteiger partial charge in [0.25, 0.3) is 0 Å². The van der Waals surface area contributed by atoms with E-state index in [9.17, 15) is 0 Å². The molecule has 0 aliphatic heterocycles. The van der Waals surface area contributed by atoms with Crippen LogP contribution in [0.1, 0.15) is 32.4 Å². The number of nitrogens with zero attached hydrogens (tertiary/aromatic N) is 3. The standard InChI is InChI=1S/C10H19N5/c1-4-8-13-9(5-2)15(14-8)6-7(3)10(11)12/h7H,4-6H2,1-3H3,(H3,11,12). The first-order valence-electron chi connectivity index (χ1n) is 5.34. The van der Waals surface area contributed by atoms with Gasteiger partial charge in [0.15, 0.2) is 5.82 Å². The second-order valence-electron chi connectivity index (χ2n) is 3.69. The van der Waals surface area contributed by atoms with Gasteiger partial charge in [-0.3, -0.25) is 5.41 Å². The lowest BCUT2D eigenvalue weighted by atomic mass is 10.1. The molecule has 0 saturated carbocycles. The van der Waals surface area contributed by atoms with E-state index < -0.39 is 0 Å². The number of nitrogens with two attached hydrogens (primary N) is 1. The molecule has 0 radical (unpaired) electrons. The number of aromatic nitrogens is 3. The van der Waals surface area contributed by atoms with Crippen molar-refractivity contribution in [2.75, 3.05) is 0 Å². The molecule has 0 bridgehead atoms. The van der Waals surface area contributed by atoms with Crippen LogP contribution in [-0.2, 0) is 19.4 Å². The summed E-state index contributed by atoms with van der Waals surface area (Å²) >= 11 is 0. The van der Waals surface area contributed by atoms with Crippen LogP contribution in [0.25, 0.3) is 0 Å². The molecule has 1 heterocycles. The van der Waals surface area contributed by atoms with Crippen LogP contribution in [0.4, 0.5) is 0 Å². The zero-order valence-electron chi connectivity index (χ0n) is 9.62. The first kappa shape index (κ1) is 11.7. The molecule has 0 saturated heterocycles. The monoisotopic (exact) mass is 209 g/mol. The molecule has 0 aliphatic rings. The highest BCUT2D eigenvalue weighted by atomic mass is 15.3. The van der Waals surface area contributed by atoms with Crippen molar-refractivity contribution in [1.29, 1.82) is 5.41 Å². The molecule has 5 nitrogen and oxygen atoms in total. The normalized spacial score (nSPS) is 12.7. The van der Waals surface area contributed by atoms with Gasteiger partial charge in [-0.2, -0.15) is 5.10 Å². The third-order valence-electron chi connectivity index (χ3n) is 2.40. The van der Waals surface area contributed by atoms with E-state index in [1.165, 1.54) is 0 Å². The topological polar surface area (TPSA) is 80.6 Å². The fourth-order valence-electron chi connectivity index (χ4n) is 1.34. The molecule has 1 rings (SSSR count). The highest BCUT2D eigenvalue weighted by Gasteiger charge is 2.12. The number of hydrogen-bond acceptors (Lipinski definition) is 3. The molecule has 0 aromatic carbocycles. The Morgan fingerprint density at radius 3 is 2.60 bits per heavy atom. The summed E-state index contributed by atoms with van der Waals surface area (Å²) in [4.78, 5) is 4.40. The van der Waals surface area contributed by atoms with E-state index in [0.717, 1.165) is 24.5 Å². The first-order valence-corrected chi connectivity index (χ1v) is 5.34. The number of rotatable bonds is 5. The van der Waals surface area contributed by atoms with Crippen molar-refractivity contribution in [3.63, 3.8) is 0 Å². The molecule has 0 spiro atoms. The van der Waals surface area contributed by atoms with Crippen LogP contribution in [0.5, 0.6) is 0 Å². The molecule has 15 heavy (non-hydrogen) atoms. The summed E-state index contributed by atoms with van der Waals surface area (Å²) in [5, 5.41) is 11.7. The van der Waals surface area contributed by atoms with E-state index in [1.807, 2.05) is 18.5 Å². The van der Waals surface area contributed by atoms with Gasteiger partial charge in [-0.1, -0.05) is 20.8 Å². The van der Waals surface area contributed by atoms with Crippen molar-refractivity contribution in [1.82, 2.24) is 14.8 Å². The third kappa shape index (κ3) is 2.78. The quantitative estimate of drug-likeness (QED) is 0.560. The van der Waals surface area contributed by atoms with Gasteiger partial charge in [0.1, 0.15) is 5.82 Å². The second kappa shape index (κ2) is 4.91. The van der Waals surface area contributed by atoms with Gasteiger partial charge in [0.05, 0.1) is 12.4 Å². The minimum absolute atomic E-state index is 0.0155. The van der Waals surface area contributed by atoms with Crippen LogP contribution in [0, 0.1) is 11.3 Å². The molecule has 3 N–H and O–H groups in total. The SMILES string of the molecule is CCc1nc(CC)n(CC(C)C(=N)N)n1. The molecular formula is C10H19N5. The average molecular weight is 209 g/mol. The maximum atomic E-state index is 7.35. The summed E-state index contributed by atoms with van der Waals surface area (Å²) in [7, 11) is 0. The Balaban J connectivity index is 2.83. The number of nitrogens with one attached hydrogen (secondary N) is 1. The van der Waals surface area contributed by atoms with Gasteiger partial charge < -0.3 is 5.73 Å². The Morgan fingerprint density at radius 1 is 1.47 bits per heavy atom. The van der Waals surface area contributed by atoms with Crippen molar-refractivity contribution < 1.29 is 0 Å². The summed E-state index contributed by atoms with van der Waals surface area (Å²) in [6.07, 6.45) is 1.70. The van der Waals surface area contributed by atoms with Gasteiger partial charge in [0, 0.05) is 18.8 Å². The van der Waals surface area contributed by atoms with Crippen molar-refractivity contribution in [3.05, 3.63) is 11.6 Å². The van der Waals surface area contributed by atoms with Gasteiger partial charge in [0.2, 0.25) is 0 Å². The van der Waals surface area contributed by atoms with E-state index in [4.69, 9.17) is 11.1 Å². The number of aryl methyl sites for hydroxylation is 2. The third-order valence-corrected chi connectivity index (χ3v) is 2.40. The zero-order valence-corrected chi connectivity index (χ0v) is 9.62. The largest absolute Gasteiger partial charge is 0.387 e. The molecule has 0 amide bonds. The Bertz CT molecular complexity index is 342. The van der Waals surface area contributed by atoms with Gasteiger partial charge in [-0.25, -0.2) is 9.67 Å². The maximum Gasteiger partial charge on any atom is 0.150 e. The molecule has 0 aliphatic carbocycles. The lowest BCUT2D eigenvalue weighted by molar-refractivity contribution is 0.513. The predicted octanol–water partition coefficient (Wildman–Crippen LogP) is 0.975. The summed E-state index contributed by atoms with van der Waals surface area (Å²) in [6, 6.07) is 0. The Morgan fingerprint density at radius 2 is 2.13 bits per heavy atom. The summed E-state index contributed by atoms with van der Waals surface area (Å²) in [6.45, 7) is 6.66. The van der Waals surface area contributed by atoms with E-state index >= 15 is 0 Å². The fourth-order valence-corrected chi connectivity index (χ4v) is 1.34. The van der Waals surface area contributed by atoms with Crippen molar-refractivity contribution in [3.8, 4) is 0 Å². The van der Waals surface area contributed by atoms with Crippen LogP contribution in [0.3, 0.4) is 0 Å². The van der Waals surface area contributed by atoms with Gasteiger partial charge in [-0.05, 0) is 0 Å². The average Bonchev–Trinajstić information content (AvgIpc) is 2.60. The smallest absolute Gasteiger partial charge is 0.150 e. The molecule has 84 valence electrons. The van der Waals surface area contributed by atoms with Gasteiger partial charge in [-0.15, -0.1) is 0 Å². The van der Waals surface area contributed by atoms with E-state index in [0.29, 0.717) is 6.54 Å². The Hall–Kier alpha value is -1.39. The lowest BCUT2D eigenvalue weighted by Crippen LogP contribution is -2.25. The van der Waals surface area contributed by atoms with Crippen molar-refractivity contribution in [2.45, 2.75) is 40.2 Å². The summed E-state index contributed by atoms with van der Waals surface area (Å²) in [5.74, 6) is 2.05. The number of amidine groups is 1. The Labute approximate surface area is 90.2 Å². The highest BCUT2D eigenvalue weighted by Crippen LogP contribution is 2.05. The summed E-state index contributed by atoms with van der Waals surface area (Å²) in [5.41, 5.74) is 5.44. The molecule has 1 unspecified atom stereocenters. The van der Waals surface area contributed by atoms with Gasteiger partial charge >= 0.3 is 0 Å². The molecule has 1 aromatic rings. The minimum atomic E-state index is 0.0155. The first-order chi connectivity index (χ1) is 7.08. The molecule has 5 heteroatoms. The van der Waals surface area contributed by atoms with Crippen LogP contribution in [0.15, 0.2) is 0 Å². The van der Waals surface area contributed by atoms with Crippen LogP contribution in [0.2, 0.25) is 0 Å². The predicted molar refractivity (Wildman–Crippen MR) is 59.9 cm³/mol. The molecule has 1 aromatic heterocycles. The second-order valence-corrected chi connectivity index (χ2v) is 3.69. The Kier molecular flexibility index (Phi) is 3.82. The minimum Gasteiger partial charge on any atom is -0.387 e. The van der Waals surface area contributed by atoms with E-state index in [2.05, 4.69) is 17.0 Å². The molecular weight excluding hydrogens is 190 g/mol. The summed E-state index contributed by atoms with van der Waals surface area (Å²) < 4.78 is 1.87. The van der Waals surface area contributed by atoms with Crippen LogP contribution < -0.4 is 5.73 Å². The molecule has 0 fully saturated rings. The van der Waals surface area contributed by atoms with Crippen LogP contribution >= 0.6 is 0 Å². The van der Waals surface area contributed by atoms with Crippen molar-refractivity contribution in [2.24, 2.45) is 11.7 Å². The maximum absolute atomic E-state index is 7.35. The zero-order chi connectivity index (χ0) is 11.4. The van der Waals surface area contributed by atoms with Crippen LogP contribution in [-0.4, -0.2) is 20.6 Å². The lowest BCUT2D eigenvalue weighted by Gasteiger charge is -2.10. The fraction of sp³-hybridized carbons (Fsp3) is 0.700. The number of hydrogen-bond donors (Lipinski definition) is 2.